The molecule has 0 unspecified atom stereocenters. The smallest absolute Gasteiger partial charge is 0.259 e. The summed E-state index contributed by atoms with van der Waals surface area (Å²) in [6.07, 6.45) is 0.926. The van der Waals surface area contributed by atoms with E-state index in [-0.39, 0.29) is 5.56 Å². The number of H-pyrrole nitrogens is 1. The van der Waals surface area contributed by atoms with E-state index in [1.807, 2.05) is 43.3 Å². The van der Waals surface area contributed by atoms with Crippen molar-refractivity contribution < 1.29 is 4.74 Å². The van der Waals surface area contributed by atoms with Crippen molar-refractivity contribution in [2.75, 3.05) is 6.61 Å². The minimum Gasteiger partial charge on any atom is -0.493 e. The van der Waals surface area contributed by atoms with Crippen molar-refractivity contribution in [3.8, 4) is 17.1 Å². The van der Waals surface area contributed by atoms with Gasteiger partial charge in [0, 0.05) is 0 Å². The molecule has 0 spiro atoms. The molecule has 1 aromatic heterocycles. The zero-order chi connectivity index (χ0) is 15.5. The molecule has 22 heavy (non-hydrogen) atoms. The van der Waals surface area contributed by atoms with Crippen molar-refractivity contribution in [3.63, 3.8) is 0 Å². The molecule has 4 nitrogen and oxygen atoms in total. The number of rotatable bonds is 4. The summed E-state index contributed by atoms with van der Waals surface area (Å²) in [5, 5.41) is 0.593. The van der Waals surface area contributed by atoms with Gasteiger partial charge in [-0.15, -0.1) is 0 Å². The number of hydrogen-bond acceptors (Lipinski definition) is 3. The van der Waals surface area contributed by atoms with E-state index in [4.69, 9.17) is 4.74 Å². The first-order valence-corrected chi connectivity index (χ1v) is 7.42. The van der Waals surface area contributed by atoms with Gasteiger partial charge >= 0.3 is 0 Å². The Labute approximate surface area is 128 Å². The maximum Gasteiger partial charge on any atom is 0.259 e. The van der Waals surface area contributed by atoms with Crippen LogP contribution in [0.15, 0.2) is 47.3 Å². The Morgan fingerprint density at radius 1 is 1.18 bits per heavy atom. The summed E-state index contributed by atoms with van der Waals surface area (Å²) in [5.41, 5.74) is 2.46. The van der Waals surface area contributed by atoms with Gasteiger partial charge in [-0.1, -0.05) is 30.7 Å². The van der Waals surface area contributed by atoms with Crippen LogP contribution in [0.25, 0.3) is 22.3 Å². The molecular weight excluding hydrogens is 276 g/mol. The van der Waals surface area contributed by atoms with Crippen molar-refractivity contribution in [2.24, 2.45) is 0 Å². The predicted molar refractivity (Wildman–Crippen MR) is 88.3 cm³/mol. The zero-order valence-corrected chi connectivity index (χ0v) is 12.7. The van der Waals surface area contributed by atoms with Crippen LogP contribution in [0.2, 0.25) is 0 Å². The fraction of sp³-hybridized carbons (Fsp3) is 0.222. The Morgan fingerprint density at radius 3 is 2.82 bits per heavy atom. The quantitative estimate of drug-likeness (QED) is 0.798. The summed E-state index contributed by atoms with van der Waals surface area (Å²) in [7, 11) is 0. The third kappa shape index (κ3) is 2.72. The van der Waals surface area contributed by atoms with Crippen molar-refractivity contribution >= 4 is 10.9 Å². The Balaban J connectivity index is 2.18. The summed E-state index contributed by atoms with van der Waals surface area (Å²) in [5.74, 6) is 1.28. The van der Waals surface area contributed by atoms with Crippen LogP contribution in [0.3, 0.4) is 0 Å². The Bertz CT molecular complexity index is 868. The van der Waals surface area contributed by atoms with Gasteiger partial charge in [0.05, 0.1) is 23.1 Å². The molecule has 0 radical (unpaired) electrons. The monoisotopic (exact) mass is 294 g/mol. The average molecular weight is 294 g/mol. The van der Waals surface area contributed by atoms with Crippen LogP contribution in [0.4, 0.5) is 0 Å². The van der Waals surface area contributed by atoms with E-state index < -0.39 is 0 Å². The lowest BCUT2D eigenvalue weighted by atomic mass is 10.1. The second-order valence-corrected chi connectivity index (χ2v) is 5.28. The highest BCUT2D eigenvalue weighted by molar-refractivity contribution is 5.80. The number of benzene rings is 2. The highest BCUT2D eigenvalue weighted by atomic mass is 16.5. The molecule has 0 atom stereocenters. The molecule has 3 rings (SSSR count). The molecule has 112 valence electrons. The number of aromatic nitrogens is 2. The number of para-hydroxylation sites is 1. The number of aryl methyl sites for hydroxylation is 1. The highest BCUT2D eigenvalue weighted by Gasteiger charge is 2.11. The van der Waals surface area contributed by atoms with Crippen molar-refractivity contribution in [1.29, 1.82) is 0 Å². The van der Waals surface area contributed by atoms with Gasteiger partial charge in [0.25, 0.3) is 5.56 Å². The second kappa shape index (κ2) is 6.02. The predicted octanol–water partition coefficient (Wildman–Crippen LogP) is 3.69. The molecule has 2 aromatic carbocycles. The molecule has 1 N–H and O–H groups in total. The van der Waals surface area contributed by atoms with Crippen LogP contribution in [-0.4, -0.2) is 16.6 Å². The fourth-order valence-corrected chi connectivity index (χ4v) is 2.38. The number of aromatic amines is 1. The fourth-order valence-electron chi connectivity index (χ4n) is 2.38. The molecular formula is C18H18N2O2. The lowest BCUT2D eigenvalue weighted by Gasteiger charge is -2.11. The summed E-state index contributed by atoms with van der Waals surface area (Å²) in [6, 6.07) is 13.2. The molecule has 0 bridgehead atoms. The van der Waals surface area contributed by atoms with Gasteiger partial charge < -0.3 is 9.72 Å². The van der Waals surface area contributed by atoms with E-state index in [0.29, 0.717) is 23.3 Å². The zero-order valence-electron chi connectivity index (χ0n) is 12.7. The maximum atomic E-state index is 12.2. The first kappa shape index (κ1) is 14.3. The molecule has 0 fully saturated rings. The average Bonchev–Trinajstić information content (AvgIpc) is 2.53. The van der Waals surface area contributed by atoms with Gasteiger partial charge in [-0.25, -0.2) is 4.98 Å². The summed E-state index contributed by atoms with van der Waals surface area (Å²) < 4.78 is 5.79. The highest BCUT2D eigenvalue weighted by Crippen LogP contribution is 2.29. The van der Waals surface area contributed by atoms with E-state index in [9.17, 15) is 4.79 Å². The third-order valence-corrected chi connectivity index (χ3v) is 3.46. The summed E-state index contributed by atoms with van der Waals surface area (Å²) in [6.45, 7) is 4.70. The van der Waals surface area contributed by atoms with Crippen molar-refractivity contribution in [1.82, 2.24) is 9.97 Å². The first-order valence-electron chi connectivity index (χ1n) is 7.42. The minimum atomic E-state index is -0.136. The minimum absolute atomic E-state index is 0.136. The van der Waals surface area contributed by atoms with Crippen LogP contribution in [0.1, 0.15) is 18.9 Å². The lowest BCUT2D eigenvalue weighted by Crippen LogP contribution is -2.10. The van der Waals surface area contributed by atoms with Crippen molar-refractivity contribution in [3.05, 3.63) is 58.4 Å². The van der Waals surface area contributed by atoms with Crippen molar-refractivity contribution in [2.45, 2.75) is 20.3 Å². The van der Waals surface area contributed by atoms with Crippen LogP contribution in [0.5, 0.6) is 5.75 Å². The van der Waals surface area contributed by atoms with Crippen LogP contribution in [0, 0.1) is 6.92 Å². The molecule has 4 heteroatoms. The first-order chi connectivity index (χ1) is 10.7. The van der Waals surface area contributed by atoms with Gasteiger partial charge in [0.2, 0.25) is 0 Å². The molecule has 0 amide bonds. The van der Waals surface area contributed by atoms with E-state index >= 15 is 0 Å². The Hall–Kier alpha value is -2.62. The van der Waals surface area contributed by atoms with E-state index in [0.717, 1.165) is 23.3 Å². The van der Waals surface area contributed by atoms with Gasteiger partial charge in [0.15, 0.2) is 0 Å². The Morgan fingerprint density at radius 2 is 2.00 bits per heavy atom. The molecule has 1 heterocycles. The molecule has 0 aliphatic rings. The molecule has 0 aliphatic carbocycles. The molecule has 0 aliphatic heterocycles. The number of hydrogen-bond donors (Lipinski definition) is 1. The van der Waals surface area contributed by atoms with E-state index in [1.165, 1.54) is 0 Å². The topological polar surface area (TPSA) is 55.0 Å². The van der Waals surface area contributed by atoms with Crippen LogP contribution >= 0.6 is 0 Å². The lowest BCUT2D eigenvalue weighted by molar-refractivity contribution is 0.318. The van der Waals surface area contributed by atoms with Gasteiger partial charge in [-0.3, -0.25) is 4.79 Å². The number of nitrogens with zero attached hydrogens (tertiary/aromatic N) is 1. The summed E-state index contributed by atoms with van der Waals surface area (Å²) >= 11 is 0. The van der Waals surface area contributed by atoms with Gasteiger partial charge in [-0.2, -0.15) is 0 Å². The standard InChI is InChI=1S/C18H18N2O2/c1-3-10-22-16-9-8-12(2)11-14(16)17-19-15-7-5-4-6-13(15)18(21)20-17/h4-9,11H,3,10H2,1-2H3,(H,19,20,21). The maximum absolute atomic E-state index is 12.2. The summed E-state index contributed by atoms with van der Waals surface area (Å²) in [4.78, 5) is 19.7. The second-order valence-electron chi connectivity index (χ2n) is 5.28. The molecule has 3 aromatic rings. The normalized spacial score (nSPS) is 10.8. The van der Waals surface area contributed by atoms with Gasteiger partial charge in [0.1, 0.15) is 11.6 Å². The third-order valence-electron chi connectivity index (χ3n) is 3.46. The molecule has 0 saturated carbocycles. The van der Waals surface area contributed by atoms with Crippen LogP contribution in [-0.2, 0) is 0 Å². The van der Waals surface area contributed by atoms with E-state index in [2.05, 4.69) is 16.9 Å². The molecule has 0 saturated heterocycles. The van der Waals surface area contributed by atoms with Crippen LogP contribution < -0.4 is 10.3 Å². The number of fused-ring (bicyclic) bond motifs is 1. The van der Waals surface area contributed by atoms with E-state index in [1.54, 1.807) is 6.07 Å². The largest absolute Gasteiger partial charge is 0.493 e. The SMILES string of the molecule is CCCOc1ccc(C)cc1-c1nc2ccccc2c(=O)[nH]1. The number of ether oxygens (including phenoxy) is 1. The van der Waals surface area contributed by atoms with Gasteiger partial charge in [-0.05, 0) is 37.6 Å². The Kier molecular flexibility index (Phi) is 3.92. The number of nitrogens with one attached hydrogen (secondary N) is 1.